The average Bonchev–Trinajstić information content (AvgIpc) is 3.17. The molecule has 2 rings (SSSR count). The topological polar surface area (TPSA) is 66.4 Å². The molecule has 0 saturated carbocycles. The first kappa shape index (κ1) is 21.0. The molecule has 2 fully saturated rings. The van der Waals surface area contributed by atoms with Crippen molar-refractivity contribution in [3.8, 4) is 0 Å². The quantitative estimate of drug-likeness (QED) is 0.288. The summed E-state index contributed by atoms with van der Waals surface area (Å²) >= 11 is 0. The van der Waals surface area contributed by atoms with Gasteiger partial charge in [-0.15, -0.1) is 0 Å². The summed E-state index contributed by atoms with van der Waals surface area (Å²) < 4.78 is 10.1. The van der Waals surface area contributed by atoms with Gasteiger partial charge in [-0.05, 0) is 26.2 Å². The van der Waals surface area contributed by atoms with Crippen molar-refractivity contribution in [2.45, 2.75) is 51.5 Å². The van der Waals surface area contributed by atoms with E-state index in [0.29, 0.717) is 12.5 Å². The number of hydrogen-bond acceptors (Lipinski definition) is 5. The molecule has 2 heterocycles. The lowest BCUT2D eigenvalue weighted by Crippen LogP contribution is -2.46. The number of carbonyl (C=O) groups excluding carboxylic acids is 1. The Labute approximate surface area is 158 Å². The number of nitrogens with zero attached hydrogens (tertiary/aromatic N) is 3. The number of rotatable bonds is 9. The second-order valence-electron chi connectivity index (χ2n) is 7.01. The molecule has 2 aliphatic heterocycles. The van der Waals surface area contributed by atoms with E-state index in [2.05, 4.69) is 26.8 Å². The molecule has 0 aromatic carbocycles. The monoisotopic (exact) mass is 368 g/mol. The number of carbonyl (C=O) groups is 1. The van der Waals surface area contributed by atoms with E-state index in [1.54, 1.807) is 0 Å². The van der Waals surface area contributed by atoms with E-state index >= 15 is 0 Å². The van der Waals surface area contributed by atoms with E-state index < -0.39 is 0 Å². The highest BCUT2D eigenvalue weighted by atomic mass is 16.5. The Bertz CT molecular complexity index is 439. The van der Waals surface area contributed by atoms with Crippen molar-refractivity contribution in [1.29, 1.82) is 0 Å². The first-order valence-corrected chi connectivity index (χ1v) is 10.2. The Morgan fingerprint density at radius 3 is 2.69 bits per heavy atom. The number of morpholine rings is 1. The minimum Gasteiger partial charge on any atom is -0.469 e. The molecule has 0 aromatic rings. The van der Waals surface area contributed by atoms with Crippen molar-refractivity contribution in [3.05, 3.63) is 0 Å². The predicted octanol–water partition coefficient (Wildman–Crippen LogP) is 1.48. The normalized spacial score (nSPS) is 21.8. The van der Waals surface area contributed by atoms with E-state index in [4.69, 9.17) is 9.73 Å². The zero-order valence-electron chi connectivity index (χ0n) is 16.5. The van der Waals surface area contributed by atoms with Crippen molar-refractivity contribution in [3.63, 3.8) is 0 Å². The lowest BCUT2D eigenvalue weighted by Gasteiger charge is -2.32. The van der Waals surface area contributed by atoms with Gasteiger partial charge in [0.1, 0.15) is 0 Å². The van der Waals surface area contributed by atoms with Gasteiger partial charge >= 0.3 is 5.97 Å². The summed E-state index contributed by atoms with van der Waals surface area (Å²) in [5.41, 5.74) is 0. The Morgan fingerprint density at radius 2 is 1.96 bits per heavy atom. The third-order valence-corrected chi connectivity index (χ3v) is 5.14. The molecule has 1 N–H and O–H groups in total. The number of esters is 1. The fourth-order valence-electron chi connectivity index (χ4n) is 3.62. The molecule has 0 amide bonds. The van der Waals surface area contributed by atoms with Crippen LogP contribution in [0, 0.1) is 0 Å². The van der Waals surface area contributed by atoms with Gasteiger partial charge in [-0.2, -0.15) is 0 Å². The third-order valence-electron chi connectivity index (χ3n) is 5.14. The number of ether oxygens (including phenoxy) is 2. The summed E-state index contributed by atoms with van der Waals surface area (Å²) in [6, 6.07) is 0.626. The number of nitrogens with one attached hydrogen (secondary N) is 1. The standard InChI is InChI=1S/C19H36N4O3/c1-3-20-19(21-10-7-5-4-6-8-18(24)25-2)23-11-9-17(16-23)22-12-14-26-15-13-22/h17H,3-16H2,1-2H3,(H,20,21). The van der Waals surface area contributed by atoms with Gasteiger partial charge in [0, 0.05) is 51.7 Å². The Kier molecular flexibility index (Phi) is 9.77. The summed E-state index contributed by atoms with van der Waals surface area (Å²) in [6.07, 6.45) is 5.87. The van der Waals surface area contributed by atoms with Gasteiger partial charge in [0.15, 0.2) is 5.96 Å². The molecule has 2 saturated heterocycles. The van der Waals surface area contributed by atoms with Crippen molar-refractivity contribution in [2.75, 3.05) is 59.6 Å². The predicted molar refractivity (Wildman–Crippen MR) is 103 cm³/mol. The van der Waals surface area contributed by atoms with Crippen LogP contribution >= 0.6 is 0 Å². The molecule has 7 heteroatoms. The van der Waals surface area contributed by atoms with Gasteiger partial charge in [-0.25, -0.2) is 0 Å². The Morgan fingerprint density at radius 1 is 1.19 bits per heavy atom. The Balaban J connectivity index is 1.68. The molecular weight excluding hydrogens is 332 g/mol. The molecule has 1 unspecified atom stereocenters. The Hall–Kier alpha value is -1.34. The SMILES string of the molecule is CCNC(=NCCCCCCC(=O)OC)N1CCC(N2CCOCC2)C1. The number of methoxy groups -OCH3 is 1. The molecule has 0 aromatic heterocycles. The zero-order valence-corrected chi connectivity index (χ0v) is 16.5. The summed E-state index contributed by atoms with van der Waals surface area (Å²) in [5.74, 6) is 0.944. The van der Waals surface area contributed by atoms with Gasteiger partial charge < -0.3 is 19.7 Å². The molecule has 150 valence electrons. The van der Waals surface area contributed by atoms with E-state index in [1.165, 1.54) is 13.5 Å². The lowest BCUT2D eigenvalue weighted by atomic mass is 10.1. The van der Waals surface area contributed by atoms with Crippen LogP contribution in [0.25, 0.3) is 0 Å². The van der Waals surface area contributed by atoms with Gasteiger partial charge in [0.2, 0.25) is 0 Å². The molecule has 26 heavy (non-hydrogen) atoms. The van der Waals surface area contributed by atoms with E-state index in [0.717, 1.165) is 84.1 Å². The highest BCUT2D eigenvalue weighted by molar-refractivity contribution is 5.80. The second-order valence-corrected chi connectivity index (χ2v) is 7.01. The van der Waals surface area contributed by atoms with Gasteiger partial charge in [0.25, 0.3) is 0 Å². The number of guanidine groups is 1. The number of aliphatic imine (C=N–C) groups is 1. The number of hydrogen-bond donors (Lipinski definition) is 1. The number of unbranched alkanes of at least 4 members (excludes halogenated alkanes) is 3. The number of likely N-dealkylation sites (tertiary alicyclic amines) is 1. The van der Waals surface area contributed by atoms with Crippen LogP contribution < -0.4 is 5.32 Å². The maximum atomic E-state index is 11.1. The largest absolute Gasteiger partial charge is 0.469 e. The first-order valence-electron chi connectivity index (χ1n) is 10.2. The minimum atomic E-state index is -0.110. The first-order chi connectivity index (χ1) is 12.7. The van der Waals surface area contributed by atoms with Crippen molar-refractivity contribution in [1.82, 2.24) is 15.1 Å². The van der Waals surface area contributed by atoms with Crippen molar-refractivity contribution >= 4 is 11.9 Å². The molecule has 0 radical (unpaired) electrons. The summed E-state index contributed by atoms with van der Waals surface area (Å²) in [4.78, 5) is 20.9. The van der Waals surface area contributed by atoms with Crippen LogP contribution in [-0.2, 0) is 14.3 Å². The zero-order chi connectivity index (χ0) is 18.6. The molecule has 0 aliphatic carbocycles. The lowest BCUT2D eigenvalue weighted by molar-refractivity contribution is -0.140. The second kappa shape index (κ2) is 12.1. The van der Waals surface area contributed by atoms with Gasteiger partial charge in [0.05, 0.1) is 20.3 Å². The van der Waals surface area contributed by atoms with E-state index in [1.807, 2.05) is 0 Å². The third kappa shape index (κ3) is 7.11. The van der Waals surface area contributed by atoms with Crippen LogP contribution in [0.5, 0.6) is 0 Å². The van der Waals surface area contributed by atoms with Crippen LogP contribution in [0.3, 0.4) is 0 Å². The molecule has 1 atom stereocenters. The highest BCUT2D eigenvalue weighted by Gasteiger charge is 2.30. The van der Waals surface area contributed by atoms with Crippen LogP contribution in [0.1, 0.15) is 45.4 Å². The summed E-state index contributed by atoms with van der Waals surface area (Å²) in [5, 5.41) is 3.44. The molecule has 0 bridgehead atoms. The fraction of sp³-hybridized carbons (Fsp3) is 0.895. The van der Waals surface area contributed by atoms with E-state index in [-0.39, 0.29) is 5.97 Å². The minimum absolute atomic E-state index is 0.110. The van der Waals surface area contributed by atoms with Crippen LogP contribution in [0.2, 0.25) is 0 Å². The van der Waals surface area contributed by atoms with E-state index in [9.17, 15) is 4.79 Å². The molecule has 0 spiro atoms. The molecule has 7 nitrogen and oxygen atoms in total. The smallest absolute Gasteiger partial charge is 0.305 e. The maximum Gasteiger partial charge on any atom is 0.305 e. The van der Waals surface area contributed by atoms with Crippen molar-refractivity contribution < 1.29 is 14.3 Å². The average molecular weight is 369 g/mol. The van der Waals surface area contributed by atoms with Crippen LogP contribution in [-0.4, -0.2) is 87.4 Å². The fourth-order valence-corrected chi connectivity index (χ4v) is 3.62. The maximum absolute atomic E-state index is 11.1. The van der Waals surface area contributed by atoms with Crippen molar-refractivity contribution in [2.24, 2.45) is 4.99 Å². The molecule has 2 aliphatic rings. The van der Waals surface area contributed by atoms with Crippen LogP contribution in [0.15, 0.2) is 4.99 Å². The molecular formula is C19H36N4O3. The van der Waals surface area contributed by atoms with Crippen LogP contribution in [0.4, 0.5) is 0 Å². The highest BCUT2D eigenvalue weighted by Crippen LogP contribution is 2.17. The summed E-state index contributed by atoms with van der Waals surface area (Å²) in [7, 11) is 1.45. The van der Waals surface area contributed by atoms with Gasteiger partial charge in [-0.3, -0.25) is 14.7 Å². The van der Waals surface area contributed by atoms with Gasteiger partial charge in [-0.1, -0.05) is 12.8 Å². The summed E-state index contributed by atoms with van der Waals surface area (Å²) in [6.45, 7) is 9.84.